The number of nitrogens with zero attached hydrogens (tertiary/aromatic N) is 1. The van der Waals surface area contributed by atoms with Crippen LogP contribution in [0.5, 0.6) is 0 Å². The molecule has 0 amide bonds. The molecule has 1 nitrogen and oxygen atoms in total. The van der Waals surface area contributed by atoms with E-state index < -0.39 is 0 Å². The van der Waals surface area contributed by atoms with Gasteiger partial charge in [0.2, 0.25) is 0 Å². The van der Waals surface area contributed by atoms with Gasteiger partial charge in [-0.1, -0.05) is 0 Å². The number of piperidine rings is 1. The summed E-state index contributed by atoms with van der Waals surface area (Å²) in [5.74, 6) is 0. The van der Waals surface area contributed by atoms with Gasteiger partial charge in [-0.3, -0.25) is 4.90 Å². The molecule has 0 aromatic heterocycles. The maximum Gasteiger partial charge on any atom is 0.0852 e. The van der Waals surface area contributed by atoms with E-state index in [1.165, 1.54) is 25.8 Å². The number of hydrogen-bond donors (Lipinski definition) is 0. The van der Waals surface area contributed by atoms with Crippen molar-refractivity contribution in [3.8, 4) is 0 Å². The maximum absolute atomic E-state index is 6.10. The minimum absolute atomic E-state index is 0.300. The Morgan fingerprint density at radius 2 is 2.10 bits per heavy atom. The molecule has 0 radical (unpaired) electrons. The molecule has 1 aliphatic rings. The van der Waals surface area contributed by atoms with Gasteiger partial charge in [0, 0.05) is 6.04 Å². The van der Waals surface area contributed by atoms with Crippen molar-refractivity contribution in [3.63, 3.8) is 0 Å². The summed E-state index contributed by atoms with van der Waals surface area (Å²) in [7, 11) is 0. The summed E-state index contributed by atoms with van der Waals surface area (Å²) in [5, 5.41) is 0. The van der Waals surface area contributed by atoms with Crippen LogP contribution in [-0.4, -0.2) is 23.0 Å². The molecule has 60 valence electrons. The summed E-state index contributed by atoms with van der Waals surface area (Å²) in [4.78, 5) is 2.37. The molecule has 0 aromatic carbocycles. The van der Waals surface area contributed by atoms with Crippen LogP contribution in [0.25, 0.3) is 0 Å². The normalized spacial score (nSPS) is 29.4. The highest BCUT2D eigenvalue weighted by Gasteiger charge is 2.21. The first-order valence-electron chi connectivity index (χ1n) is 4.11. The zero-order valence-corrected chi connectivity index (χ0v) is 7.56. The second-order valence-corrected chi connectivity index (χ2v) is 3.77. The van der Waals surface area contributed by atoms with Crippen LogP contribution < -0.4 is 0 Å². The number of hydrogen-bond acceptors (Lipinski definition) is 1. The van der Waals surface area contributed by atoms with Gasteiger partial charge in [-0.05, 0) is 39.7 Å². The van der Waals surface area contributed by atoms with Crippen LogP contribution in [0, 0.1) is 0 Å². The van der Waals surface area contributed by atoms with Gasteiger partial charge in [0.1, 0.15) is 0 Å². The molecule has 10 heavy (non-hydrogen) atoms. The summed E-state index contributed by atoms with van der Waals surface area (Å²) in [6.45, 7) is 5.60. The van der Waals surface area contributed by atoms with Gasteiger partial charge in [0.25, 0.3) is 0 Å². The third-order valence-corrected chi connectivity index (χ3v) is 2.60. The fourth-order valence-corrected chi connectivity index (χ4v) is 1.97. The lowest BCUT2D eigenvalue weighted by atomic mass is 10.1. The Labute approximate surface area is 68.4 Å². The van der Waals surface area contributed by atoms with E-state index in [1.807, 2.05) is 0 Å². The van der Waals surface area contributed by atoms with Gasteiger partial charge < -0.3 is 0 Å². The molecule has 2 heteroatoms. The van der Waals surface area contributed by atoms with Crippen LogP contribution in [0.15, 0.2) is 0 Å². The topological polar surface area (TPSA) is 3.24 Å². The smallest absolute Gasteiger partial charge is 0.0852 e. The zero-order chi connectivity index (χ0) is 7.56. The molecule has 0 aliphatic carbocycles. The molecule has 1 rings (SSSR count). The lowest BCUT2D eigenvalue weighted by Gasteiger charge is -2.34. The van der Waals surface area contributed by atoms with Crippen molar-refractivity contribution < 1.29 is 0 Å². The Morgan fingerprint density at radius 1 is 1.40 bits per heavy atom. The molecule has 0 N–H and O–H groups in total. The van der Waals surface area contributed by atoms with E-state index in [-0.39, 0.29) is 0 Å². The number of likely N-dealkylation sites (tertiary alicyclic amines) is 1. The van der Waals surface area contributed by atoms with Crippen molar-refractivity contribution >= 4 is 11.6 Å². The predicted molar refractivity (Wildman–Crippen MR) is 45.3 cm³/mol. The first-order chi connectivity index (χ1) is 4.72. The first kappa shape index (κ1) is 8.35. The lowest BCUT2D eigenvalue weighted by molar-refractivity contribution is 0.160. The van der Waals surface area contributed by atoms with Crippen molar-refractivity contribution in [3.05, 3.63) is 0 Å². The molecule has 1 saturated heterocycles. The summed E-state index contributed by atoms with van der Waals surface area (Å²) in [6, 6.07) is 0.614. The van der Waals surface area contributed by atoms with E-state index in [4.69, 9.17) is 11.6 Å². The van der Waals surface area contributed by atoms with Gasteiger partial charge >= 0.3 is 0 Å². The molecule has 1 aliphatic heterocycles. The van der Waals surface area contributed by atoms with Crippen molar-refractivity contribution in [2.24, 2.45) is 0 Å². The van der Waals surface area contributed by atoms with Crippen molar-refractivity contribution in [1.82, 2.24) is 4.90 Å². The molecular formula is C8H16ClN. The largest absolute Gasteiger partial charge is 0.285 e. The molecule has 1 unspecified atom stereocenters. The number of alkyl halides is 1. The zero-order valence-electron chi connectivity index (χ0n) is 6.81. The molecule has 0 saturated carbocycles. The van der Waals surface area contributed by atoms with Crippen molar-refractivity contribution in [2.75, 3.05) is 6.54 Å². The third-order valence-electron chi connectivity index (χ3n) is 2.13. The molecule has 0 bridgehead atoms. The summed E-state index contributed by atoms with van der Waals surface area (Å²) >= 11 is 6.10. The van der Waals surface area contributed by atoms with Crippen LogP contribution in [-0.2, 0) is 0 Å². The van der Waals surface area contributed by atoms with Crippen LogP contribution in [0.1, 0.15) is 33.1 Å². The molecular weight excluding hydrogens is 146 g/mol. The third kappa shape index (κ3) is 1.86. The van der Waals surface area contributed by atoms with Gasteiger partial charge in [-0.15, -0.1) is 11.6 Å². The standard InChI is InChI=1S/C8H16ClN/c1-7(2)10-6-4-3-5-8(10)9/h7-8H,3-6H2,1-2H3. The highest BCUT2D eigenvalue weighted by Crippen LogP contribution is 2.21. The van der Waals surface area contributed by atoms with E-state index in [0.29, 0.717) is 11.5 Å². The average molecular weight is 162 g/mol. The SMILES string of the molecule is CC(C)N1CCCCC1Cl. The summed E-state index contributed by atoms with van der Waals surface area (Å²) < 4.78 is 0. The van der Waals surface area contributed by atoms with Crippen LogP contribution in [0.3, 0.4) is 0 Å². The number of rotatable bonds is 1. The monoisotopic (exact) mass is 161 g/mol. The second-order valence-electron chi connectivity index (χ2n) is 3.26. The Morgan fingerprint density at radius 3 is 2.50 bits per heavy atom. The molecule has 0 aromatic rings. The molecule has 0 spiro atoms. The van der Waals surface area contributed by atoms with E-state index >= 15 is 0 Å². The van der Waals surface area contributed by atoms with E-state index in [9.17, 15) is 0 Å². The van der Waals surface area contributed by atoms with E-state index in [2.05, 4.69) is 18.7 Å². The van der Waals surface area contributed by atoms with Gasteiger partial charge in [-0.2, -0.15) is 0 Å². The molecule has 1 fully saturated rings. The minimum atomic E-state index is 0.300. The average Bonchev–Trinajstić information content (AvgIpc) is 1.88. The predicted octanol–water partition coefficient (Wildman–Crippen LogP) is 2.45. The van der Waals surface area contributed by atoms with Gasteiger partial charge in [-0.25, -0.2) is 0 Å². The molecule has 1 heterocycles. The maximum atomic E-state index is 6.10. The summed E-state index contributed by atoms with van der Waals surface area (Å²) in [5.41, 5.74) is 0.300. The minimum Gasteiger partial charge on any atom is -0.285 e. The lowest BCUT2D eigenvalue weighted by Crippen LogP contribution is -2.40. The fraction of sp³-hybridized carbons (Fsp3) is 1.00. The highest BCUT2D eigenvalue weighted by atomic mass is 35.5. The fourth-order valence-electron chi connectivity index (χ4n) is 1.49. The van der Waals surface area contributed by atoms with Crippen molar-refractivity contribution in [1.29, 1.82) is 0 Å². The summed E-state index contributed by atoms with van der Waals surface area (Å²) in [6.07, 6.45) is 3.79. The van der Waals surface area contributed by atoms with Crippen molar-refractivity contribution in [2.45, 2.75) is 44.7 Å². The quantitative estimate of drug-likeness (QED) is 0.422. The second kappa shape index (κ2) is 3.59. The van der Waals surface area contributed by atoms with Gasteiger partial charge in [0.15, 0.2) is 0 Å². The Balaban J connectivity index is 2.40. The number of halogens is 1. The Bertz CT molecular complexity index is 103. The highest BCUT2D eigenvalue weighted by molar-refractivity contribution is 6.20. The van der Waals surface area contributed by atoms with Crippen LogP contribution >= 0.6 is 11.6 Å². The Kier molecular flexibility index (Phi) is 2.99. The Hall–Kier alpha value is 0.250. The van der Waals surface area contributed by atoms with E-state index in [0.717, 1.165) is 0 Å². The van der Waals surface area contributed by atoms with Crippen LogP contribution in [0.2, 0.25) is 0 Å². The molecule has 1 atom stereocenters. The van der Waals surface area contributed by atoms with Gasteiger partial charge in [0.05, 0.1) is 5.50 Å². The van der Waals surface area contributed by atoms with Crippen LogP contribution in [0.4, 0.5) is 0 Å². The first-order valence-corrected chi connectivity index (χ1v) is 4.55. The van der Waals surface area contributed by atoms with E-state index in [1.54, 1.807) is 0 Å².